The van der Waals surface area contributed by atoms with Crippen LogP contribution < -0.4 is 15.4 Å². The SMILES string of the molecule is O=C(NCc1ccn2ccnc2c1)Nc1ccc(O[C@@H]2CCN(C(=O)O)C2)cc1. The van der Waals surface area contributed by atoms with Gasteiger partial charge in [-0.2, -0.15) is 0 Å². The Balaban J connectivity index is 1.26. The van der Waals surface area contributed by atoms with E-state index in [1.165, 1.54) is 4.90 Å². The number of urea groups is 1. The summed E-state index contributed by atoms with van der Waals surface area (Å²) >= 11 is 0. The van der Waals surface area contributed by atoms with E-state index < -0.39 is 6.09 Å². The lowest BCUT2D eigenvalue weighted by atomic mass is 10.2. The highest BCUT2D eigenvalue weighted by Crippen LogP contribution is 2.20. The summed E-state index contributed by atoms with van der Waals surface area (Å²) in [5, 5.41) is 14.6. The Morgan fingerprint density at radius 1 is 1.21 bits per heavy atom. The topological polar surface area (TPSA) is 108 Å². The first kappa shape index (κ1) is 18.6. The molecule has 4 rings (SSSR count). The molecule has 0 bridgehead atoms. The lowest BCUT2D eigenvalue weighted by Gasteiger charge is -2.15. The van der Waals surface area contributed by atoms with Gasteiger partial charge in [0.1, 0.15) is 17.5 Å². The van der Waals surface area contributed by atoms with Gasteiger partial charge in [0.2, 0.25) is 0 Å². The van der Waals surface area contributed by atoms with Gasteiger partial charge in [0.15, 0.2) is 0 Å². The molecule has 1 aromatic carbocycles. The van der Waals surface area contributed by atoms with E-state index in [2.05, 4.69) is 15.6 Å². The van der Waals surface area contributed by atoms with Crippen LogP contribution in [-0.2, 0) is 6.54 Å². The van der Waals surface area contributed by atoms with Gasteiger partial charge in [0, 0.05) is 43.8 Å². The predicted molar refractivity (Wildman–Crippen MR) is 106 cm³/mol. The lowest BCUT2D eigenvalue weighted by molar-refractivity contribution is 0.145. The van der Waals surface area contributed by atoms with Crippen LogP contribution in [0.3, 0.4) is 0 Å². The Morgan fingerprint density at radius 3 is 2.79 bits per heavy atom. The van der Waals surface area contributed by atoms with E-state index in [9.17, 15) is 9.59 Å². The second-order valence-corrected chi connectivity index (χ2v) is 6.82. The van der Waals surface area contributed by atoms with Gasteiger partial charge in [-0.05, 0) is 42.0 Å². The number of ether oxygens (including phenoxy) is 1. The van der Waals surface area contributed by atoms with Crippen molar-refractivity contribution >= 4 is 23.5 Å². The number of carbonyl (C=O) groups excluding carboxylic acids is 1. The summed E-state index contributed by atoms with van der Waals surface area (Å²) in [5.41, 5.74) is 2.42. The maximum Gasteiger partial charge on any atom is 0.407 e. The fraction of sp³-hybridized carbons (Fsp3) is 0.250. The normalized spacial score (nSPS) is 16.0. The van der Waals surface area contributed by atoms with Crippen molar-refractivity contribution in [3.05, 3.63) is 60.6 Å². The molecule has 0 aliphatic carbocycles. The average Bonchev–Trinajstić information content (AvgIpc) is 3.37. The minimum absolute atomic E-state index is 0.152. The van der Waals surface area contributed by atoms with Crippen LogP contribution >= 0.6 is 0 Å². The van der Waals surface area contributed by atoms with E-state index in [1.54, 1.807) is 30.5 Å². The minimum atomic E-state index is -0.925. The number of carboxylic acid groups (broad SMARTS) is 1. The molecule has 0 unspecified atom stereocenters. The van der Waals surface area contributed by atoms with E-state index in [0.717, 1.165) is 11.2 Å². The number of rotatable bonds is 5. The molecule has 3 N–H and O–H groups in total. The number of nitrogens with one attached hydrogen (secondary N) is 2. The molecule has 3 amide bonds. The molecule has 0 saturated carbocycles. The largest absolute Gasteiger partial charge is 0.489 e. The zero-order valence-corrected chi connectivity index (χ0v) is 15.6. The molecule has 1 fully saturated rings. The first-order valence-electron chi connectivity index (χ1n) is 9.28. The number of fused-ring (bicyclic) bond motifs is 1. The number of hydrogen-bond donors (Lipinski definition) is 3. The van der Waals surface area contributed by atoms with Gasteiger partial charge < -0.3 is 29.8 Å². The van der Waals surface area contributed by atoms with Crippen LogP contribution in [0.1, 0.15) is 12.0 Å². The Morgan fingerprint density at radius 2 is 2.03 bits per heavy atom. The third-order valence-electron chi connectivity index (χ3n) is 4.75. The molecule has 150 valence electrons. The predicted octanol–water partition coefficient (Wildman–Crippen LogP) is 2.79. The molecule has 1 atom stereocenters. The molecular formula is C20H21N5O4. The fourth-order valence-corrected chi connectivity index (χ4v) is 3.23. The number of pyridine rings is 1. The minimum Gasteiger partial charge on any atom is -0.489 e. The molecule has 9 nitrogen and oxygen atoms in total. The van der Waals surface area contributed by atoms with Gasteiger partial charge in [-0.25, -0.2) is 14.6 Å². The Bertz CT molecular complexity index is 1020. The first-order chi connectivity index (χ1) is 14.1. The summed E-state index contributed by atoms with van der Waals surface area (Å²) in [6, 6.07) is 10.5. The monoisotopic (exact) mass is 395 g/mol. The van der Waals surface area contributed by atoms with Crippen LogP contribution in [0.5, 0.6) is 5.75 Å². The second-order valence-electron chi connectivity index (χ2n) is 6.82. The maximum atomic E-state index is 12.1. The van der Waals surface area contributed by atoms with E-state index >= 15 is 0 Å². The lowest BCUT2D eigenvalue weighted by Crippen LogP contribution is -2.29. The number of imidazole rings is 1. The molecule has 3 aromatic rings. The van der Waals surface area contributed by atoms with E-state index in [0.29, 0.717) is 37.5 Å². The van der Waals surface area contributed by atoms with Crippen LogP contribution in [-0.4, -0.2) is 50.7 Å². The van der Waals surface area contributed by atoms with E-state index in [1.807, 2.05) is 28.9 Å². The standard InChI is InChI=1S/C20H21N5O4/c26-19(22-12-14-5-8-24-10-7-21-18(24)11-14)23-15-1-3-16(4-2-15)29-17-6-9-25(13-17)20(27)28/h1-5,7-8,10-11,17H,6,9,12-13H2,(H,27,28)(H2,22,23,26)/t17-/m1/s1. The molecule has 0 radical (unpaired) electrons. The molecule has 9 heteroatoms. The quantitative estimate of drug-likeness (QED) is 0.616. The second kappa shape index (κ2) is 8.09. The summed E-state index contributed by atoms with van der Waals surface area (Å²) in [6.45, 7) is 1.23. The Labute approximate surface area is 166 Å². The summed E-state index contributed by atoms with van der Waals surface area (Å²) in [6.07, 6.45) is 5.07. The number of benzene rings is 1. The Hall–Kier alpha value is -3.75. The van der Waals surface area contributed by atoms with Crippen LogP contribution in [0.2, 0.25) is 0 Å². The van der Waals surface area contributed by atoms with Crippen molar-refractivity contribution in [2.24, 2.45) is 0 Å². The number of amides is 3. The number of hydrogen-bond acceptors (Lipinski definition) is 4. The summed E-state index contributed by atoms with van der Waals surface area (Å²) in [4.78, 5) is 28.6. The number of anilines is 1. The summed E-state index contributed by atoms with van der Waals surface area (Å²) < 4.78 is 7.71. The van der Waals surface area contributed by atoms with Crippen LogP contribution in [0, 0.1) is 0 Å². The van der Waals surface area contributed by atoms with Gasteiger partial charge in [-0.15, -0.1) is 0 Å². The smallest absolute Gasteiger partial charge is 0.407 e. The average molecular weight is 395 g/mol. The highest BCUT2D eigenvalue weighted by Gasteiger charge is 2.27. The molecule has 0 spiro atoms. The van der Waals surface area contributed by atoms with Crippen molar-refractivity contribution in [2.75, 3.05) is 18.4 Å². The zero-order chi connectivity index (χ0) is 20.2. The van der Waals surface area contributed by atoms with Crippen LogP contribution in [0.25, 0.3) is 5.65 Å². The van der Waals surface area contributed by atoms with E-state index in [4.69, 9.17) is 9.84 Å². The molecule has 1 saturated heterocycles. The van der Waals surface area contributed by atoms with Crippen LogP contribution in [0.4, 0.5) is 15.3 Å². The highest BCUT2D eigenvalue weighted by atomic mass is 16.5. The van der Waals surface area contributed by atoms with Gasteiger partial charge in [0.05, 0.1) is 6.54 Å². The van der Waals surface area contributed by atoms with Gasteiger partial charge >= 0.3 is 12.1 Å². The summed E-state index contributed by atoms with van der Waals surface area (Å²) in [7, 11) is 0. The van der Waals surface area contributed by atoms with Gasteiger partial charge in [-0.1, -0.05) is 0 Å². The third-order valence-corrected chi connectivity index (χ3v) is 4.75. The molecule has 2 aromatic heterocycles. The van der Waals surface area contributed by atoms with E-state index in [-0.39, 0.29) is 12.1 Å². The van der Waals surface area contributed by atoms with Crippen molar-refractivity contribution in [2.45, 2.75) is 19.1 Å². The van der Waals surface area contributed by atoms with Crippen LogP contribution in [0.15, 0.2) is 55.0 Å². The first-order valence-corrected chi connectivity index (χ1v) is 9.28. The zero-order valence-electron chi connectivity index (χ0n) is 15.6. The fourth-order valence-electron chi connectivity index (χ4n) is 3.23. The molecule has 1 aliphatic rings. The number of carbonyl (C=O) groups is 2. The maximum absolute atomic E-state index is 12.1. The summed E-state index contributed by atoms with van der Waals surface area (Å²) in [5.74, 6) is 0.640. The third kappa shape index (κ3) is 4.57. The number of nitrogens with zero attached hydrogens (tertiary/aromatic N) is 3. The van der Waals surface area contributed by atoms with Crippen molar-refractivity contribution < 1.29 is 19.4 Å². The molecular weight excluding hydrogens is 374 g/mol. The van der Waals surface area contributed by atoms with Gasteiger partial charge in [0.25, 0.3) is 0 Å². The molecule has 3 heterocycles. The van der Waals surface area contributed by atoms with Gasteiger partial charge in [-0.3, -0.25) is 0 Å². The number of aromatic nitrogens is 2. The van der Waals surface area contributed by atoms with Crippen molar-refractivity contribution in [3.63, 3.8) is 0 Å². The van der Waals surface area contributed by atoms with Crippen molar-refractivity contribution in [1.82, 2.24) is 19.6 Å². The van der Waals surface area contributed by atoms with Crippen molar-refractivity contribution in [1.29, 1.82) is 0 Å². The highest BCUT2D eigenvalue weighted by molar-refractivity contribution is 5.89. The molecule has 29 heavy (non-hydrogen) atoms. The molecule has 1 aliphatic heterocycles. The van der Waals surface area contributed by atoms with Crippen molar-refractivity contribution in [3.8, 4) is 5.75 Å². The number of likely N-dealkylation sites (tertiary alicyclic amines) is 1. The Kier molecular flexibility index (Phi) is 5.19.